The number of morpholine rings is 1. The Bertz CT molecular complexity index is 1610. The van der Waals surface area contributed by atoms with E-state index in [-0.39, 0.29) is 11.8 Å². The highest BCUT2D eigenvalue weighted by atomic mass is 16.6. The molecular weight excluding hydrogens is 608 g/mol. The zero-order valence-corrected chi connectivity index (χ0v) is 28.6. The molecule has 0 aromatic heterocycles. The van der Waals surface area contributed by atoms with Crippen LogP contribution in [0.15, 0.2) is 82.5 Å². The Balaban J connectivity index is 1.35. The summed E-state index contributed by atoms with van der Waals surface area (Å²) in [5.41, 5.74) is 4.03. The Morgan fingerprint density at radius 1 is 0.979 bits per heavy atom. The number of nitrogens with zero attached hydrogens (tertiary/aromatic N) is 5. The lowest BCUT2D eigenvalue weighted by Crippen LogP contribution is -2.49. The maximum absolute atomic E-state index is 14.0. The molecule has 254 valence electrons. The number of benzene rings is 3. The van der Waals surface area contributed by atoms with Crippen LogP contribution in [-0.2, 0) is 4.74 Å². The highest BCUT2D eigenvalue weighted by molar-refractivity contribution is 6.00. The van der Waals surface area contributed by atoms with Crippen LogP contribution in [0.2, 0.25) is 0 Å². The van der Waals surface area contributed by atoms with Crippen LogP contribution in [0.5, 0.6) is 17.2 Å². The lowest BCUT2D eigenvalue weighted by molar-refractivity contribution is 0.0115. The first kappa shape index (κ1) is 34.5. The van der Waals surface area contributed by atoms with Crippen molar-refractivity contribution >= 4 is 35.8 Å². The van der Waals surface area contributed by atoms with Crippen LogP contribution in [0.3, 0.4) is 0 Å². The molecular formula is C37H46N6O5. The first-order valence-corrected chi connectivity index (χ1v) is 16.3. The molecule has 5 rings (SSSR count). The van der Waals surface area contributed by atoms with Gasteiger partial charge in [0, 0.05) is 49.7 Å². The summed E-state index contributed by atoms with van der Waals surface area (Å²) in [6, 6.07) is 19.7. The summed E-state index contributed by atoms with van der Waals surface area (Å²) in [6.07, 6.45) is 3.32. The van der Waals surface area contributed by atoms with E-state index in [1.807, 2.05) is 44.2 Å². The summed E-state index contributed by atoms with van der Waals surface area (Å²) in [6.45, 7) is 15.1. The van der Waals surface area contributed by atoms with Crippen molar-refractivity contribution in [2.24, 2.45) is 9.98 Å². The van der Waals surface area contributed by atoms with E-state index in [0.717, 1.165) is 69.0 Å². The predicted octanol–water partition coefficient (Wildman–Crippen LogP) is 6.66. The minimum absolute atomic E-state index is 0.208. The third-order valence-electron chi connectivity index (χ3n) is 8.78. The third kappa shape index (κ3) is 8.15. The molecule has 3 aromatic carbocycles. The van der Waals surface area contributed by atoms with Crippen LogP contribution in [0.4, 0.5) is 21.9 Å². The fourth-order valence-electron chi connectivity index (χ4n) is 6.15. The summed E-state index contributed by atoms with van der Waals surface area (Å²) < 4.78 is 22.6. The standard InChI is InChI=1S/C37H46N6O5/c1-7-34(43(32-16-15-31(45-5)25-33(32)46-6)37(44)48-35-26(2)9-8-10-27(35)3)40-36(38-4)39-28-11-13-29(14-12-28)41-19-17-30(18-20-41)42-21-23-47-24-22-42/h7-16,25,30H,4,17-24H2,1-3,5-6H3,(H,39,40)/b34-7+. The molecule has 2 saturated heterocycles. The van der Waals surface area contributed by atoms with E-state index in [1.54, 1.807) is 38.3 Å². The van der Waals surface area contributed by atoms with Crippen LogP contribution in [0.25, 0.3) is 0 Å². The molecule has 3 aromatic rings. The average molecular weight is 655 g/mol. The van der Waals surface area contributed by atoms with Gasteiger partial charge in [-0.1, -0.05) is 18.2 Å². The maximum Gasteiger partial charge on any atom is 0.425 e. The van der Waals surface area contributed by atoms with Crippen molar-refractivity contribution in [2.45, 2.75) is 39.7 Å². The van der Waals surface area contributed by atoms with Crippen molar-refractivity contribution in [2.75, 3.05) is 68.7 Å². The molecule has 0 saturated carbocycles. The first-order chi connectivity index (χ1) is 23.3. The Hall–Kier alpha value is -4.87. The molecule has 0 radical (unpaired) electrons. The van der Waals surface area contributed by atoms with E-state index in [0.29, 0.717) is 29.0 Å². The Labute approximate surface area is 283 Å². The normalized spacial score (nSPS) is 16.3. The Morgan fingerprint density at radius 3 is 2.27 bits per heavy atom. The SMILES string of the molecule is C=N/C(=N\C(=C/C)N(C(=O)Oc1c(C)cccc1C)c1ccc(OC)cc1OC)Nc1ccc(N2CCC(N3CCOCC3)CC2)cc1. The van der Waals surface area contributed by atoms with E-state index in [9.17, 15) is 4.79 Å². The minimum atomic E-state index is -0.669. The number of guanidine groups is 1. The number of carbonyl (C=O) groups excluding carboxylic acids is 1. The molecule has 0 unspecified atom stereocenters. The van der Waals surface area contributed by atoms with Gasteiger partial charge in [-0.15, -0.1) is 0 Å². The number of piperidine rings is 1. The van der Waals surface area contributed by atoms with Gasteiger partial charge in [0.15, 0.2) is 0 Å². The number of allylic oxidation sites excluding steroid dienone is 1. The third-order valence-corrected chi connectivity index (χ3v) is 8.78. The second-order valence-corrected chi connectivity index (χ2v) is 11.7. The second kappa shape index (κ2) is 16.3. The minimum Gasteiger partial charge on any atom is -0.497 e. The molecule has 2 aliphatic heterocycles. The molecule has 0 atom stereocenters. The number of amides is 1. The van der Waals surface area contributed by atoms with Gasteiger partial charge >= 0.3 is 6.09 Å². The number of methoxy groups -OCH3 is 2. The summed E-state index contributed by atoms with van der Waals surface area (Å²) in [5, 5.41) is 3.25. The molecule has 1 amide bonds. The summed E-state index contributed by atoms with van der Waals surface area (Å²) in [7, 11) is 3.10. The number of anilines is 3. The number of aliphatic imine (C=N–C) groups is 2. The van der Waals surface area contributed by atoms with Gasteiger partial charge in [0.1, 0.15) is 23.1 Å². The van der Waals surface area contributed by atoms with Crippen molar-refractivity contribution in [3.05, 3.63) is 83.7 Å². The Kier molecular flexibility index (Phi) is 11.7. The van der Waals surface area contributed by atoms with Crippen LogP contribution < -0.4 is 29.3 Å². The molecule has 0 bridgehead atoms. The molecule has 2 aliphatic rings. The van der Waals surface area contributed by atoms with Crippen molar-refractivity contribution < 1.29 is 23.7 Å². The molecule has 11 heteroatoms. The van der Waals surface area contributed by atoms with Crippen LogP contribution >= 0.6 is 0 Å². The largest absolute Gasteiger partial charge is 0.497 e. The van der Waals surface area contributed by atoms with Crippen molar-refractivity contribution in [1.29, 1.82) is 0 Å². The zero-order chi connectivity index (χ0) is 34.0. The lowest BCUT2D eigenvalue weighted by atomic mass is 10.0. The molecule has 2 heterocycles. The number of hydrogen-bond acceptors (Lipinski definition) is 8. The van der Waals surface area contributed by atoms with Crippen molar-refractivity contribution in [3.63, 3.8) is 0 Å². The maximum atomic E-state index is 14.0. The molecule has 1 N–H and O–H groups in total. The summed E-state index contributed by atoms with van der Waals surface area (Å²) in [5.74, 6) is 1.91. The summed E-state index contributed by atoms with van der Waals surface area (Å²) >= 11 is 0. The van der Waals surface area contributed by atoms with Gasteiger partial charge in [0.25, 0.3) is 0 Å². The highest BCUT2D eigenvalue weighted by Gasteiger charge is 2.28. The monoisotopic (exact) mass is 654 g/mol. The fraction of sp³-hybridized carbons (Fsp3) is 0.378. The van der Waals surface area contributed by atoms with Gasteiger partial charge in [0.05, 0.1) is 33.1 Å². The number of nitrogens with one attached hydrogen (secondary N) is 1. The lowest BCUT2D eigenvalue weighted by Gasteiger charge is -2.40. The zero-order valence-electron chi connectivity index (χ0n) is 28.6. The van der Waals surface area contributed by atoms with Gasteiger partial charge in [-0.25, -0.2) is 14.7 Å². The number of carbonyl (C=O) groups is 1. The molecule has 2 fully saturated rings. The van der Waals surface area contributed by atoms with E-state index in [1.165, 1.54) is 17.7 Å². The quantitative estimate of drug-likeness (QED) is 0.202. The van der Waals surface area contributed by atoms with Crippen LogP contribution in [0, 0.1) is 13.8 Å². The van der Waals surface area contributed by atoms with Gasteiger partial charge < -0.3 is 29.2 Å². The van der Waals surface area contributed by atoms with Crippen LogP contribution in [0.1, 0.15) is 30.9 Å². The first-order valence-electron chi connectivity index (χ1n) is 16.3. The van der Waals surface area contributed by atoms with Gasteiger partial charge in [-0.2, -0.15) is 4.99 Å². The van der Waals surface area contributed by atoms with E-state index >= 15 is 0 Å². The van der Waals surface area contributed by atoms with Crippen molar-refractivity contribution in [3.8, 4) is 17.2 Å². The van der Waals surface area contributed by atoms with E-state index in [4.69, 9.17) is 23.9 Å². The van der Waals surface area contributed by atoms with Gasteiger partial charge in [0.2, 0.25) is 5.96 Å². The highest BCUT2D eigenvalue weighted by Crippen LogP contribution is 2.36. The number of para-hydroxylation sites is 1. The number of hydrogen-bond donors (Lipinski definition) is 1. The fourth-order valence-corrected chi connectivity index (χ4v) is 6.15. The average Bonchev–Trinajstić information content (AvgIpc) is 3.13. The van der Waals surface area contributed by atoms with Crippen molar-refractivity contribution in [1.82, 2.24) is 4.90 Å². The second-order valence-electron chi connectivity index (χ2n) is 11.7. The number of aryl methyl sites for hydroxylation is 2. The smallest absolute Gasteiger partial charge is 0.425 e. The van der Waals surface area contributed by atoms with Crippen LogP contribution in [-0.4, -0.2) is 83.3 Å². The van der Waals surface area contributed by atoms with E-state index < -0.39 is 6.09 Å². The topological polar surface area (TPSA) is 100 Å². The van der Waals surface area contributed by atoms with E-state index in [2.05, 4.69) is 39.0 Å². The molecule has 48 heavy (non-hydrogen) atoms. The molecule has 0 spiro atoms. The molecule has 0 aliphatic carbocycles. The summed E-state index contributed by atoms with van der Waals surface area (Å²) in [4.78, 5) is 29.2. The van der Waals surface area contributed by atoms with Gasteiger partial charge in [-0.3, -0.25) is 4.90 Å². The predicted molar refractivity (Wildman–Crippen MR) is 192 cm³/mol. The number of rotatable bonds is 9. The number of ether oxygens (including phenoxy) is 4. The Morgan fingerprint density at radius 2 is 1.67 bits per heavy atom. The van der Waals surface area contributed by atoms with Gasteiger partial charge in [-0.05, 0) is 93.9 Å². The molecule has 11 nitrogen and oxygen atoms in total.